The fraction of sp³-hybridized carbons (Fsp3) is 0.294. The van der Waals surface area contributed by atoms with Crippen molar-refractivity contribution in [2.24, 2.45) is 0 Å². The van der Waals surface area contributed by atoms with Crippen LogP contribution in [0.4, 0.5) is 5.82 Å². The Labute approximate surface area is 153 Å². The van der Waals surface area contributed by atoms with Gasteiger partial charge in [-0.15, -0.1) is 0 Å². The van der Waals surface area contributed by atoms with E-state index in [-0.39, 0.29) is 12.3 Å². The highest BCUT2D eigenvalue weighted by Gasteiger charge is 2.20. The second-order valence-electron chi connectivity index (χ2n) is 5.25. The van der Waals surface area contributed by atoms with Crippen LogP contribution in [-0.2, 0) is 11.2 Å². The topological polar surface area (TPSA) is 51.7 Å². The van der Waals surface area contributed by atoms with E-state index >= 15 is 0 Å². The van der Waals surface area contributed by atoms with E-state index in [9.17, 15) is 4.79 Å². The van der Waals surface area contributed by atoms with Crippen molar-refractivity contribution in [1.29, 1.82) is 0 Å². The second-order valence-corrected chi connectivity index (χ2v) is 6.57. The number of rotatable bonds is 4. The molecule has 7 heteroatoms. The second kappa shape index (κ2) is 7.40. The molecule has 1 aromatic carbocycles. The molecule has 0 atom stereocenters. The summed E-state index contributed by atoms with van der Waals surface area (Å²) in [5.74, 6) is 1.69. The summed E-state index contributed by atoms with van der Waals surface area (Å²) >= 11 is 9.58. The third-order valence-electron chi connectivity index (χ3n) is 3.62. The van der Waals surface area contributed by atoms with Gasteiger partial charge in [0.1, 0.15) is 19.0 Å². The Bertz CT molecular complexity index is 752. The fourth-order valence-corrected chi connectivity index (χ4v) is 3.05. The van der Waals surface area contributed by atoms with Crippen LogP contribution in [-0.4, -0.2) is 30.6 Å². The van der Waals surface area contributed by atoms with E-state index in [1.54, 1.807) is 23.2 Å². The van der Waals surface area contributed by atoms with Crippen molar-refractivity contribution in [3.05, 3.63) is 45.5 Å². The number of aromatic nitrogens is 1. The molecule has 1 aromatic heterocycles. The highest BCUT2D eigenvalue weighted by molar-refractivity contribution is 9.10. The van der Waals surface area contributed by atoms with E-state index in [1.165, 1.54) is 0 Å². The number of benzene rings is 1. The lowest BCUT2D eigenvalue weighted by molar-refractivity contribution is -0.118. The van der Waals surface area contributed by atoms with Gasteiger partial charge in [-0.25, -0.2) is 4.98 Å². The first-order valence-corrected chi connectivity index (χ1v) is 8.75. The minimum atomic E-state index is -0.0555. The van der Waals surface area contributed by atoms with Gasteiger partial charge in [0.2, 0.25) is 5.91 Å². The SMILES string of the molecule is CCN(C(=O)Cc1cc(Cl)c2c(c1)OCCO2)c1ccc(Br)cn1. The van der Waals surface area contributed by atoms with Crippen molar-refractivity contribution in [3.8, 4) is 11.5 Å². The number of halogens is 2. The number of fused-ring (bicyclic) bond motifs is 1. The minimum Gasteiger partial charge on any atom is -0.486 e. The van der Waals surface area contributed by atoms with E-state index in [1.807, 2.05) is 19.1 Å². The maximum atomic E-state index is 12.7. The Balaban J connectivity index is 1.80. The van der Waals surface area contributed by atoms with Crippen molar-refractivity contribution in [3.63, 3.8) is 0 Å². The summed E-state index contributed by atoms with van der Waals surface area (Å²) in [4.78, 5) is 18.6. The fourth-order valence-electron chi connectivity index (χ4n) is 2.53. The Kier molecular flexibility index (Phi) is 5.26. The Morgan fingerprint density at radius 3 is 2.83 bits per heavy atom. The van der Waals surface area contributed by atoms with Crippen molar-refractivity contribution in [1.82, 2.24) is 4.98 Å². The molecule has 0 saturated heterocycles. The van der Waals surface area contributed by atoms with E-state index in [4.69, 9.17) is 21.1 Å². The van der Waals surface area contributed by atoms with Crippen LogP contribution < -0.4 is 14.4 Å². The van der Waals surface area contributed by atoms with Crippen LogP contribution >= 0.6 is 27.5 Å². The van der Waals surface area contributed by atoms with Crippen LogP contribution in [0, 0.1) is 0 Å². The van der Waals surface area contributed by atoms with Gasteiger partial charge in [0.05, 0.1) is 11.4 Å². The van der Waals surface area contributed by atoms with Gasteiger partial charge in [-0.05, 0) is 52.7 Å². The summed E-state index contributed by atoms with van der Waals surface area (Å²) < 4.78 is 11.9. The maximum Gasteiger partial charge on any atom is 0.232 e. The molecule has 0 saturated carbocycles. The number of carbonyl (C=O) groups excluding carboxylic acids is 1. The molecule has 1 amide bonds. The van der Waals surface area contributed by atoms with E-state index in [0.29, 0.717) is 42.1 Å². The molecule has 0 N–H and O–H groups in total. The Hall–Kier alpha value is -1.79. The molecule has 5 nitrogen and oxygen atoms in total. The van der Waals surface area contributed by atoms with Gasteiger partial charge in [-0.2, -0.15) is 0 Å². The van der Waals surface area contributed by atoms with Crippen LogP contribution in [0.25, 0.3) is 0 Å². The molecule has 3 rings (SSSR count). The van der Waals surface area contributed by atoms with Crippen LogP contribution in [0.3, 0.4) is 0 Å². The highest BCUT2D eigenvalue weighted by Crippen LogP contribution is 2.38. The number of anilines is 1. The molecule has 2 aromatic rings. The van der Waals surface area contributed by atoms with Gasteiger partial charge in [0.25, 0.3) is 0 Å². The van der Waals surface area contributed by atoms with Crippen LogP contribution in [0.2, 0.25) is 5.02 Å². The largest absolute Gasteiger partial charge is 0.486 e. The molecule has 0 radical (unpaired) electrons. The lowest BCUT2D eigenvalue weighted by atomic mass is 10.1. The number of likely N-dealkylation sites (N-methyl/N-ethyl adjacent to an activating group) is 1. The van der Waals surface area contributed by atoms with Crippen molar-refractivity contribution in [2.75, 3.05) is 24.7 Å². The molecule has 0 aliphatic carbocycles. The molecule has 0 unspecified atom stereocenters. The van der Waals surface area contributed by atoms with Crippen LogP contribution in [0.15, 0.2) is 34.9 Å². The molecule has 0 fully saturated rings. The zero-order valence-corrected chi connectivity index (χ0v) is 15.4. The van der Waals surface area contributed by atoms with Crippen molar-refractivity contribution < 1.29 is 14.3 Å². The molecule has 2 heterocycles. The number of hydrogen-bond donors (Lipinski definition) is 0. The zero-order valence-electron chi connectivity index (χ0n) is 13.1. The van der Waals surface area contributed by atoms with Crippen molar-refractivity contribution >= 4 is 39.3 Å². The van der Waals surface area contributed by atoms with E-state index in [0.717, 1.165) is 10.0 Å². The van der Waals surface area contributed by atoms with Gasteiger partial charge in [-0.1, -0.05) is 11.6 Å². The Morgan fingerprint density at radius 1 is 1.33 bits per heavy atom. The standard InChI is InChI=1S/C17H16BrClN2O3/c1-2-21(15-4-3-12(18)10-20-15)16(22)9-11-7-13(19)17-14(8-11)23-5-6-24-17/h3-4,7-8,10H,2,5-6,9H2,1H3. The average molecular weight is 412 g/mol. The molecule has 126 valence electrons. The van der Waals surface area contributed by atoms with Gasteiger partial charge in [0.15, 0.2) is 11.5 Å². The number of hydrogen-bond acceptors (Lipinski definition) is 4. The summed E-state index contributed by atoms with van der Waals surface area (Å²) in [6.07, 6.45) is 1.88. The summed E-state index contributed by atoms with van der Waals surface area (Å²) in [7, 11) is 0. The zero-order chi connectivity index (χ0) is 17.1. The summed E-state index contributed by atoms with van der Waals surface area (Å²) in [6, 6.07) is 7.22. The monoisotopic (exact) mass is 410 g/mol. The first kappa shape index (κ1) is 17.0. The minimum absolute atomic E-state index is 0.0555. The summed E-state index contributed by atoms with van der Waals surface area (Å²) in [5.41, 5.74) is 0.782. The lowest BCUT2D eigenvalue weighted by Crippen LogP contribution is -2.32. The predicted octanol–water partition coefficient (Wildman–Crippen LogP) is 3.86. The molecule has 0 bridgehead atoms. The number of amides is 1. The number of nitrogens with zero attached hydrogens (tertiary/aromatic N) is 2. The van der Waals surface area contributed by atoms with E-state index < -0.39 is 0 Å². The average Bonchev–Trinajstić information content (AvgIpc) is 2.57. The third-order valence-corrected chi connectivity index (χ3v) is 4.37. The van der Waals surface area contributed by atoms with Gasteiger partial charge in [0, 0.05) is 17.2 Å². The first-order valence-electron chi connectivity index (χ1n) is 7.58. The summed E-state index contributed by atoms with van der Waals surface area (Å²) in [6.45, 7) is 3.40. The quantitative estimate of drug-likeness (QED) is 0.766. The molecule has 1 aliphatic rings. The molecule has 24 heavy (non-hydrogen) atoms. The number of carbonyl (C=O) groups is 1. The number of pyridine rings is 1. The first-order chi connectivity index (χ1) is 11.6. The highest BCUT2D eigenvalue weighted by atomic mass is 79.9. The smallest absolute Gasteiger partial charge is 0.232 e. The van der Waals surface area contributed by atoms with E-state index in [2.05, 4.69) is 20.9 Å². The Morgan fingerprint density at radius 2 is 2.12 bits per heavy atom. The van der Waals surface area contributed by atoms with Crippen LogP contribution in [0.1, 0.15) is 12.5 Å². The van der Waals surface area contributed by atoms with Crippen LogP contribution in [0.5, 0.6) is 11.5 Å². The number of ether oxygens (including phenoxy) is 2. The van der Waals surface area contributed by atoms with Gasteiger partial charge >= 0.3 is 0 Å². The lowest BCUT2D eigenvalue weighted by Gasteiger charge is -2.22. The van der Waals surface area contributed by atoms with Gasteiger partial charge in [-0.3, -0.25) is 9.69 Å². The summed E-state index contributed by atoms with van der Waals surface area (Å²) in [5, 5.41) is 0.458. The molecular formula is C17H16BrClN2O3. The molecule has 1 aliphatic heterocycles. The molecular weight excluding hydrogens is 396 g/mol. The normalized spacial score (nSPS) is 12.8. The maximum absolute atomic E-state index is 12.7. The molecule has 0 spiro atoms. The third kappa shape index (κ3) is 3.65. The van der Waals surface area contributed by atoms with Gasteiger partial charge < -0.3 is 9.47 Å². The predicted molar refractivity (Wildman–Crippen MR) is 96.1 cm³/mol. The van der Waals surface area contributed by atoms with Crippen molar-refractivity contribution in [2.45, 2.75) is 13.3 Å².